The minimum Gasteiger partial charge on any atom is -0.426 e. The minimum atomic E-state index is -0.485. The monoisotopic (exact) mass is 384 g/mol. The average Bonchev–Trinajstić information content (AvgIpc) is 2.63. The minimum absolute atomic E-state index is 0.317. The van der Waals surface area contributed by atoms with E-state index in [0.29, 0.717) is 45.7 Å². The first-order chi connectivity index (χ1) is 12.8. The van der Waals surface area contributed by atoms with Gasteiger partial charge in [0.25, 0.3) is 0 Å². The molecule has 0 saturated heterocycles. The van der Waals surface area contributed by atoms with Crippen molar-refractivity contribution in [2.75, 3.05) is 0 Å². The second kappa shape index (κ2) is 7.57. The van der Waals surface area contributed by atoms with Crippen LogP contribution in [0, 0.1) is 0 Å². The zero-order valence-electron chi connectivity index (χ0n) is 15.6. The number of carbonyl (C=O) groups is 2. The quantitative estimate of drug-likeness (QED) is 0.309. The highest BCUT2D eigenvalue weighted by atomic mass is 35.5. The van der Waals surface area contributed by atoms with Crippen LogP contribution in [0.15, 0.2) is 42.0 Å². The Morgan fingerprint density at radius 1 is 1.11 bits per heavy atom. The lowest BCUT2D eigenvalue weighted by atomic mass is 9.86. The Labute approximate surface area is 163 Å². The average molecular weight is 385 g/mol. The number of halogens is 1. The van der Waals surface area contributed by atoms with Crippen LogP contribution in [-0.2, 0) is 22.4 Å². The molecule has 2 aromatic carbocycles. The van der Waals surface area contributed by atoms with Crippen LogP contribution in [0.3, 0.4) is 0 Å². The van der Waals surface area contributed by atoms with E-state index in [4.69, 9.17) is 21.1 Å². The maximum atomic E-state index is 12.3. The van der Waals surface area contributed by atoms with Gasteiger partial charge in [-0.15, -0.1) is 0 Å². The van der Waals surface area contributed by atoms with Gasteiger partial charge in [-0.2, -0.15) is 0 Å². The molecule has 0 unspecified atom stereocenters. The second-order valence-electron chi connectivity index (χ2n) is 6.67. The molecule has 0 fully saturated rings. The number of carbonyl (C=O) groups excluding carboxylic acids is 2. The molecule has 0 radical (unpaired) electrons. The third-order valence-electron chi connectivity index (χ3n) is 4.63. The zero-order chi connectivity index (χ0) is 19.7. The molecular weight excluding hydrogens is 364 g/mol. The lowest BCUT2D eigenvalue weighted by Crippen LogP contribution is -2.15. The molecule has 2 aromatic rings. The fraction of sp³-hybridized carbons (Fsp3) is 0.273. The summed E-state index contributed by atoms with van der Waals surface area (Å²) in [4.78, 5) is 24.0. The molecule has 0 aromatic heterocycles. The molecule has 5 heteroatoms. The Kier molecular flexibility index (Phi) is 5.38. The molecule has 0 bridgehead atoms. The first kappa shape index (κ1) is 19.2. The topological polar surface area (TPSA) is 52.6 Å². The van der Waals surface area contributed by atoms with E-state index in [-0.39, 0.29) is 0 Å². The van der Waals surface area contributed by atoms with E-state index >= 15 is 0 Å². The summed E-state index contributed by atoms with van der Waals surface area (Å²) in [7, 11) is 0. The molecule has 140 valence electrons. The number of fused-ring (bicyclic) bond motifs is 2. The van der Waals surface area contributed by atoms with E-state index in [0.717, 1.165) is 17.5 Å². The maximum Gasteiger partial charge on any atom is 0.338 e. The summed E-state index contributed by atoms with van der Waals surface area (Å²) in [5.74, 6) is 0.0767. The highest BCUT2D eigenvalue weighted by Crippen LogP contribution is 2.45. The van der Waals surface area contributed by atoms with E-state index in [1.54, 1.807) is 25.1 Å². The molecule has 0 amide bonds. The molecule has 0 saturated carbocycles. The van der Waals surface area contributed by atoms with Gasteiger partial charge < -0.3 is 9.47 Å². The molecule has 27 heavy (non-hydrogen) atoms. The standard InChI is InChI=1S/C22H21ClO4/c1-5-14-6-8-16-18(10-14)21(27-22(25)12(2)3)17-9-7-15(23)11-19(17)20(16)26-13(4)24/h6-7,9,11H,2,5,8,10H2,1,3-4H3. The van der Waals surface area contributed by atoms with Crippen LogP contribution in [0.2, 0.25) is 5.02 Å². The van der Waals surface area contributed by atoms with Crippen LogP contribution in [0.1, 0.15) is 38.3 Å². The highest BCUT2D eigenvalue weighted by Gasteiger charge is 2.26. The Hall–Kier alpha value is -2.59. The number of ether oxygens (including phenoxy) is 2. The van der Waals surface area contributed by atoms with E-state index in [1.807, 2.05) is 0 Å². The fourth-order valence-corrected chi connectivity index (χ4v) is 3.45. The summed E-state index contributed by atoms with van der Waals surface area (Å²) in [6, 6.07) is 5.24. The number of benzene rings is 2. The molecule has 0 aliphatic heterocycles. The summed E-state index contributed by atoms with van der Waals surface area (Å²) in [5.41, 5.74) is 3.28. The van der Waals surface area contributed by atoms with Crippen molar-refractivity contribution in [3.05, 3.63) is 58.1 Å². The summed E-state index contributed by atoms with van der Waals surface area (Å²) in [5, 5.41) is 1.84. The lowest BCUT2D eigenvalue weighted by Gasteiger charge is -2.24. The van der Waals surface area contributed by atoms with E-state index in [2.05, 4.69) is 19.6 Å². The molecule has 0 spiro atoms. The zero-order valence-corrected chi connectivity index (χ0v) is 16.4. The van der Waals surface area contributed by atoms with Gasteiger partial charge in [0, 0.05) is 39.4 Å². The molecule has 4 nitrogen and oxygen atoms in total. The van der Waals surface area contributed by atoms with Gasteiger partial charge in [-0.25, -0.2) is 4.79 Å². The first-order valence-electron chi connectivity index (χ1n) is 8.82. The fourth-order valence-electron chi connectivity index (χ4n) is 3.28. The molecule has 1 aliphatic rings. The second-order valence-corrected chi connectivity index (χ2v) is 7.10. The van der Waals surface area contributed by atoms with Crippen LogP contribution in [0.5, 0.6) is 11.5 Å². The predicted molar refractivity (Wildman–Crippen MR) is 106 cm³/mol. The van der Waals surface area contributed by atoms with Gasteiger partial charge in [0.1, 0.15) is 11.5 Å². The van der Waals surface area contributed by atoms with Gasteiger partial charge in [0.05, 0.1) is 0 Å². The normalized spacial score (nSPS) is 13.0. The number of esters is 2. The van der Waals surface area contributed by atoms with Crippen molar-refractivity contribution in [3.8, 4) is 11.5 Å². The highest BCUT2D eigenvalue weighted by molar-refractivity contribution is 6.31. The van der Waals surface area contributed by atoms with Crippen LogP contribution in [-0.4, -0.2) is 11.9 Å². The van der Waals surface area contributed by atoms with Crippen molar-refractivity contribution in [2.24, 2.45) is 0 Å². The number of rotatable bonds is 4. The van der Waals surface area contributed by atoms with Crippen molar-refractivity contribution in [1.82, 2.24) is 0 Å². The summed E-state index contributed by atoms with van der Waals surface area (Å²) in [6.45, 7) is 8.74. The van der Waals surface area contributed by atoms with Gasteiger partial charge in [0.2, 0.25) is 0 Å². The smallest absolute Gasteiger partial charge is 0.338 e. The molecule has 3 rings (SSSR count). The van der Waals surface area contributed by atoms with Crippen molar-refractivity contribution >= 4 is 34.3 Å². The largest absolute Gasteiger partial charge is 0.426 e. The number of hydrogen-bond acceptors (Lipinski definition) is 4. The SMILES string of the molecule is C=C(C)C(=O)Oc1c2c(c(OC(C)=O)c3cc(Cl)ccc13)CC=C(CC)C2. The Morgan fingerprint density at radius 3 is 2.44 bits per heavy atom. The van der Waals surface area contributed by atoms with Crippen LogP contribution in [0.25, 0.3) is 10.8 Å². The van der Waals surface area contributed by atoms with Gasteiger partial charge in [-0.3, -0.25) is 4.79 Å². The van der Waals surface area contributed by atoms with Gasteiger partial charge >= 0.3 is 11.9 Å². The Bertz CT molecular complexity index is 1000. The van der Waals surface area contributed by atoms with Crippen LogP contribution in [0.4, 0.5) is 0 Å². The first-order valence-corrected chi connectivity index (χ1v) is 9.20. The summed E-state index contributed by atoms with van der Waals surface area (Å²) < 4.78 is 11.3. The predicted octanol–water partition coefficient (Wildman–Crippen LogP) is 5.34. The summed E-state index contributed by atoms with van der Waals surface area (Å²) >= 11 is 6.19. The van der Waals surface area contributed by atoms with Crippen LogP contribution < -0.4 is 9.47 Å². The van der Waals surface area contributed by atoms with Crippen molar-refractivity contribution in [3.63, 3.8) is 0 Å². The molecule has 1 aliphatic carbocycles. The maximum absolute atomic E-state index is 12.3. The van der Waals surface area contributed by atoms with E-state index in [9.17, 15) is 9.59 Å². The molecule has 0 N–H and O–H groups in total. The van der Waals surface area contributed by atoms with Crippen molar-refractivity contribution < 1.29 is 19.1 Å². The van der Waals surface area contributed by atoms with E-state index < -0.39 is 11.9 Å². The molecular formula is C22H21ClO4. The van der Waals surface area contributed by atoms with Crippen molar-refractivity contribution in [2.45, 2.75) is 40.0 Å². The third kappa shape index (κ3) is 3.76. The number of allylic oxidation sites excluding steroid dienone is 2. The van der Waals surface area contributed by atoms with Gasteiger partial charge in [-0.05, 0) is 44.4 Å². The lowest BCUT2D eigenvalue weighted by molar-refractivity contribution is -0.132. The van der Waals surface area contributed by atoms with Crippen LogP contribution >= 0.6 is 11.6 Å². The number of hydrogen-bond donors (Lipinski definition) is 0. The third-order valence-corrected chi connectivity index (χ3v) is 4.86. The molecule has 0 atom stereocenters. The van der Waals surface area contributed by atoms with Gasteiger partial charge in [-0.1, -0.05) is 36.8 Å². The van der Waals surface area contributed by atoms with Gasteiger partial charge in [0.15, 0.2) is 0 Å². The van der Waals surface area contributed by atoms with E-state index in [1.165, 1.54) is 12.5 Å². The molecule has 0 heterocycles. The van der Waals surface area contributed by atoms with Crippen molar-refractivity contribution in [1.29, 1.82) is 0 Å². The summed E-state index contributed by atoms with van der Waals surface area (Å²) in [6.07, 6.45) is 4.27. The Morgan fingerprint density at radius 2 is 1.81 bits per heavy atom. The Balaban J connectivity index is 2.34.